The fourth-order valence-electron chi connectivity index (χ4n) is 2.09. The van der Waals surface area contributed by atoms with Crippen LogP contribution in [0.4, 0.5) is 0 Å². The fraction of sp³-hybridized carbons (Fsp3) is 0.778. The van der Waals surface area contributed by atoms with Gasteiger partial charge in [0.1, 0.15) is 6.10 Å². The molecule has 0 aromatic rings. The highest BCUT2D eigenvalue weighted by molar-refractivity contribution is 6.74. The maximum absolute atomic E-state index is 12.6. The molecule has 0 spiro atoms. The number of ketones is 1. The summed E-state index contributed by atoms with van der Waals surface area (Å²) < 4.78 is 22.3. The average molecular weight is 373 g/mol. The predicted molar refractivity (Wildman–Crippen MR) is 97.8 cm³/mol. The standard InChI is InChI=1S/C18H32O6Si/c1-9-21-15(20)11-10-14-16(24-18(5,6)23-14)13(19)12-22-25(7,8)17(2,3)4/h10-11,14,16H,9,12H2,1-8H3/b11-10-/t14-,16+/m0/s1. The van der Waals surface area contributed by atoms with Crippen LogP contribution in [0.3, 0.4) is 0 Å². The summed E-state index contributed by atoms with van der Waals surface area (Å²) in [4.78, 5) is 24.1. The van der Waals surface area contributed by atoms with Crippen molar-refractivity contribution < 1.29 is 28.2 Å². The van der Waals surface area contributed by atoms with Crippen molar-refractivity contribution >= 4 is 20.1 Å². The Balaban J connectivity index is 2.78. The minimum atomic E-state index is -2.03. The van der Waals surface area contributed by atoms with Gasteiger partial charge in [0.25, 0.3) is 0 Å². The van der Waals surface area contributed by atoms with E-state index in [2.05, 4.69) is 33.9 Å². The molecule has 1 aliphatic rings. The highest BCUT2D eigenvalue weighted by Crippen LogP contribution is 2.37. The monoisotopic (exact) mass is 372 g/mol. The van der Waals surface area contributed by atoms with Crippen LogP contribution in [0, 0.1) is 0 Å². The molecule has 0 radical (unpaired) electrons. The van der Waals surface area contributed by atoms with E-state index in [9.17, 15) is 9.59 Å². The maximum atomic E-state index is 12.6. The van der Waals surface area contributed by atoms with Crippen LogP contribution in [-0.4, -0.2) is 51.3 Å². The van der Waals surface area contributed by atoms with Gasteiger partial charge in [-0.2, -0.15) is 0 Å². The van der Waals surface area contributed by atoms with Gasteiger partial charge in [0, 0.05) is 6.08 Å². The van der Waals surface area contributed by atoms with Crippen LogP contribution in [0.2, 0.25) is 18.1 Å². The molecule has 1 fully saturated rings. The van der Waals surface area contributed by atoms with Crippen molar-refractivity contribution in [3.8, 4) is 0 Å². The number of carbonyl (C=O) groups is 2. The summed E-state index contributed by atoms with van der Waals surface area (Å²) >= 11 is 0. The zero-order valence-electron chi connectivity index (χ0n) is 16.7. The molecule has 0 unspecified atom stereocenters. The number of hydrogen-bond donors (Lipinski definition) is 0. The third-order valence-corrected chi connectivity index (χ3v) is 9.01. The summed E-state index contributed by atoms with van der Waals surface area (Å²) in [7, 11) is -2.03. The van der Waals surface area contributed by atoms with Gasteiger partial charge in [0.05, 0.1) is 13.2 Å². The van der Waals surface area contributed by atoms with Crippen LogP contribution in [0.1, 0.15) is 41.5 Å². The van der Waals surface area contributed by atoms with Gasteiger partial charge in [-0.05, 0) is 45.0 Å². The number of hydrogen-bond acceptors (Lipinski definition) is 6. The first kappa shape index (κ1) is 22.0. The van der Waals surface area contributed by atoms with E-state index in [1.165, 1.54) is 12.2 Å². The molecule has 0 saturated carbocycles. The van der Waals surface area contributed by atoms with Gasteiger partial charge in [-0.15, -0.1) is 0 Å². The Hall–Kier alpha value is -1.02. The second kappa shape index (κ2) is 8.12. The van der Waals surface area contributed by atoms with Crippen molar-refractivity contribution in [2.24, 2.45) is 0 Å². The smallest absolute Gasteiger partial charge is 0.330 e. The minimum Gasteiger partial charge on any atom is -0.463 e. The molecule has 1 aliphatic heterocycles. The van der Waals surface area contributed by atoms with Crippen molar-refractivity contribution in [2.75, 3.05) is 13.2 Å². The molecule has 144 valence electrons. The zero-order valence-corrected chi connectivity index (χ0v) is 17.7. The lowest BCUT2D eigenvalue weighted by Crippen LogP contribution is -2.44. The van der Waals surface area contributed by atoms with Gasteiger partial charge in [0.15, 0.2) is 26.0 Å². The van der Waals surface area contributed by atoms with Crippen LogP contribution >= 0.6 is 0 Å². The molecule has 2 atom stereocenters. The molecule has 1 heterocycles. The van der Waals surface area contributed by atoms with E-state index in [-0.39, 0.29) is 17.4 Å². The number of esters is 1. The van der Waals surface area contributed by atoms with Crippen molar-refractivity contribution in [1.29, 1.82) is 0 Å². The van der Waals surface area contributed by atoms with E-state index in [0.717, 1.165) is 0 Å². The molecular formula is C18H32O6Si. The SMILES string of the molecule is CCOC(=O)/C=C\[C@@H]1OC(C)(C)O[C@@H]1C(=O)CO[Si](C)(C)C(C)(C)C. The Labute approximate surface area is 152 Å². The molecule has 0 aromatic heterocycles. The van der Waals surface area contributed by atoms with Crippen LogP contribution in [-0.2, 0) is 28.2 Å². The van der Waals surface area contributed by atoms with E-state index in [1.807, 2.05) is 0 Å². The number of carbonyl (C=O) groups excluding carboxylic acids is 2. The van der Waals surface area contributed by atoms with Crippen molar-refractivity contribution in [3.63, 3.8) is 0 Å². The van der Waals surface area contributed by atoms with E-state index in [1.54, 1.807) is 20.8 Å². The summed E-state index contributed by atoms with van der Waals surface area (Å²) in [6, 6.07) is 0. The number of rotatable bonds is 7. The Kier molecular flexibility index (Phi) is 7.15. The third-order valence-electron chi connectivity index (χ3n) is 4.54. The first-order chi connectivity index (χ1) is 11.3. The molecule has 1 saturated heterocycles. The highest BCUT2D eigenvalue weighted by atomic mass is 28.4. The maximum Gasteiger partial charge on any atom is 0.330 e. The molecule has 1 rings (SSSR count). The summed E-state index contributed by atoms with van der Waals surface area (Å²) in [6.07, 6.45) is 1.34. The van der Waals surface area contributed by atoms with Crippen LogP contribution < -0.4 is 0 Å². The molecule has 6 nitrogen and oxygen atoms in total. The number of Topliss-reactive ketones (excluding diaryl/α,β-unsaturated/α-hetero) is 1. The van der Waals surface area contributed by atoms with E-state index >= 15 is 0 Å². The molecule has 0 bridgehead atoms. The highest BCUT2D eigenvalue weighted by Gasteiger charge is 2.45. The number of ether oxygens (including phenoxy) is 3. The van der Waals surface area contributed by atoms with Crippen LogP contribution in [0.25, 0.3) is 0 Å². The minimum absolute atomic E-state index is 0.0167. The van der Waals surface area contributed by atoms with Gasteiger partial charge >= 0.3 is 5.97 Å². The largest absolute Gasteiger partial charge is 0.463 e. The first-order valence-corrected chi connectivity index (χ1v) is 11.6. The van der Waals surface area contributed by atoms with Gasteiger partial charge in [-0.25, -0.2) is 4.79 Å². The van der Waals surface area contributed by atoms with E-state index < -0.39 is 32.3 Å². The molecule has 7 heteroatoms. The Morgan fingerprint density at radius 3 is 2.32 bits per heavy atom. The van der Waals surface area contributed by atoms with E-state index in [4.69, 9.17) is 18.6 Å². The Morgan fingerprint density at radius 2 is 1.80 bits per heavy atom. The molecule has 25 heavy (non-hydrogen) atoms. The Bertz CT molecular complexity index is 518. The van der Waals surface area contributed by atoms with E-state index in [0.29, 0.717) is 6.61 Å². The van der Waals surface area contributed by atoms with Crippen molar-refractivity contribution in [1.82, 2.24) is 0 Å². The van der Waals surface area contributed by atoms with Gasteiger partial charge < -0.3 is 18.6 Å². The van der Waals surface area contributed by atoms with Gasteiger partial charge in [-0.3, -0.25) is 4.79 Å². The predicted octanol–water partition coefficient (Wildman–Crippen LogP) is 3.22. The van der Waals surface area contributed by atoms with Crippen LogP contribution in [0.15, 0.2) is 12.2 Å². The van der Waals surface area contributed by atoms with Crippen molar-refractivity contribution in [2.45, 2.75) is 77.7 Å². The van der Waals surface area contributed by atoms with Gasteiger partial charge in [0.2, 0.25) is 0 Å². The molecule has 0 amide bonds. The molecule has 0 N–H and O–H groups in total. The quantitative estimate of drug-likeness (QED) is 0.388. The Morgan fingerprint density at radius 1 is 1.20 bits per heavy atom. The second-order valence-electron chi connectivity index (χ2n) is 8.15. The second-order valence-corrected chi connectivity index (χ2v) is 13.0. The third kappa shape index (κ3) is 6.33. The summed E-state index contributed by atoms with van der Waals surface area (Å²) in [5.74, 6) is -1.56. The lowest BCUT2D eigenvalue weighted by molar-refractivity contribution is -0.154. The van der Waals surface area contributed by atoms with Crippen molar-refractivity contribution in [3.05, 3.63) is 12.2 Å². The first-order valence-electron chi connectivity index (χ1n) is 8.66. The lowest BCUT2D eigenvalue weighted by atomic mass is 10.1. The zero-order chi connectivity index (χ0) is 19.5. The average Bonchev–Trinajstić information content (AvgIpc) is 2.77. The summed E-state index contributed by atoms with van der Waals surface area (Å²) in [6.45, 7) is 16.0. The van der Waals surface area contributed by atoms with Crippen LogP contribution in [0.5, 0.6) is 0 Å². The molecular weight excluding hydrogens is 340 g/mol. The fourth-order valence-corrected chi connectivity index (χ4v) is 3.03. The molecule has 0 aliphatic carbocycles. The lowest BCUT2D eigenvalue weighted by Gasteiger charge is -2.36. The normalized spacial score (nSPS) is 23.8. The van der Waals surface area contributed by atoms with Gasteiger partial charge in [-0.1, -0.05) is 20.8 Å². The topological polar surface area (TPSA) is 71.1 Å². The molecule has 0 aromatic carbocycles. The summed E-state index contributed by atoms with van der Waals surface area (Å²) in [5, 5.41) is 0.0167. The summed E-state index contributed by atoms with van der Waals surface area (Å²) in [5.41, 5.74) is 0.